The van der Waals surface area contributed by atoms with E-state index in [2.05, 4.69) is 10.2 Å². The lowest BCUT2D eigenvalue weighted by molar-refractivity contribution is -0.133. The Kier molecular flexibility index (Phi) is 4.81. The summed E-state index contributed by atoms with van der Waals surface area (Å²) in [4.78, 5) is 16.1. The average molecular weight is 289 g/mol. The molecule has 6 nitrogen and oxygen atoms in total. The van der Waals surface area contributed by atoms with Crippen LogP contribution in [0.4, 0.5) is 0 Å². The van der Waals surface area contributed by atoms with Crippen LogP contribution in [0.2, 0.25) is 0 Å². The molecule has 19 heavy (non-hydrogen) atoms. The van der Waals surface area contributed by atoms with Gasteiger partial charge in [-0.15, -0.1) is 0 Å². The van der Waals surface area contributed by atoms with Crippen LogP contribution in [0.15, 0.2) is 0 Å². The van der Waals surface area contributed by atoms with Crippen molar-refractivity contribution in [2.24, 2.45) is 0 Å². The Morgan fingerprint density at radius 2 is 2.05 bits per heavy atom. The first kappa shape index (κ1) is 14.7. The van der Waals surface area contributed by atoms with E-state index in [4.69, 9.17) is 0 Å². The molecule has 2 aliphatic heterocycles. The minimum atomic E-state index is -2.95. The number of carbonyl (C=O) groups excluding carboxylic acids is 1. The molecule has 0 spiro atoms. The maximum absolute atomic E-state index is 12.3. The third-order valence-electron chi connectivity index (χ3n) is 3.78. The molecule has 0 aromatic heterocycles. The van der Waals surface area contributed by atoms with Crippen molar-refractivity contribution in [2.75, 3.05) is 50.8 Å². The fourth-order valence-corrected chi connectivity index (χ4v) is 4.27. The standard InChI is InChI=1S/C12H23N3O3S/c1-11-10-19(17,18)8-7-15(11)12(16)9-14-5-2-3-13-4-6-14/h11,13H,2-10H2,1H3. The zero-order chi connectivity index (χ0) is 13.9. The van der Waals surface area contributed by atoms with Gasteiger partial charge in [0.2, 0.25) is 5.91 Å². The number of hydrogen-bond acceptors (Lipinski definition) is 5. The fourth-order valence-electron chi connectivity index (χ4n) is 2.71. The highest BCUT2D eigenvalue weighted by atomic mass is 32.2. The van der Waals surface area contributed by atoms with Crippen molar-refractivity contribution >= 4 is 15.7 Å². The number of amides is 1. The van der Waals surface area contributed by atoms with Gasteiger partial charge in [-0.25, -0.2) is 8.42 Å². The van der Waals surface area contributed by atoms with E-state index in [-0.39, 0.29) is 23.5 Å². The van der Waals surface area contributed by atoms with Gasteiger partial charge in [-0.05, 0) is 26.4 Å². The SMILES string of the molecule is CC1CS(=O)(=O)CCN1C(=O)CN1CCCNCC1. The maximum Gasteiger partial charge on any atom is 0.237 e. The van der Waals surface area contributed by atoms with Gasteiger partial charge in [-0.3, -0.25) is 9.69 Å². The summed E-state index contributed by atoms with van der Waals surface area (Å²) in [6, 6.07) is -0.198. The molecule has 0 aromatic carbocycles. The summed E-state index contributed by atoms with van der Waals surface area (Å²) >= 11 is 0. The van der Waals surface area contributed by atoms with Crippen molar-refractivity contribution in [1.29, 1.82) is 0 Å². The molecule has 0 radical (unpaired) electrons. The molecule has 0 aromatic rings. The van der Waals surface area contributed by atoms with E-state index in [1.165, 1.54) is 0 Å². The number of nitrogens with zero attached hydrogens (tertiary/aromatic N) is 2. The number of hydrogen-bond donors (Lipinski definition) is 1. The summed E-state index contributed by atoms with van der Waals surface area (Å²) in [7, 11) is -2.95. The molecular weight excluding hydrogens is 266 g/mol. The Labute approximate surface area is 115 Å². The van der Waals surface area contributed by atoms with Crippen molar-refractivity contribution in [3.63, 3.8) is 0 Å². The van der Waals surface area contributed by atoms with Gasteiger partial charge in [0.05, 0.1) is 18.1 Å². The lowest BCUT2D eigenvalue weighted by Gasteiger charge is -2.34. The number of nitrogens with one attached hydrogen (secondary N) is 1. The Morgan fingerprint density at radius 3 is 2.79 bits per heavy atom. The number of sulfone groups is 1. The third-order valence-corrected chi connectivity index (χ3v) is 5.58. The number of carbonyl (C=O) groups is 1. The van der Waals surface area contributed by atoms with Gasteiger partial charge < -0.3 is 10.2 Å². The molecular formula is C12H23N3O3S. The van der Waals surface area contributed by atoms with E-state index in [1.807, 2.05) is 6.92 Å². The molecule has 1 N–H and O–H groups in total. The minimum Gasteiger partial charge on any atom is -0.337 e. The highest BCUT2D eigenvalue weighted by molar-refractivity contribution is 7.91. The van der Waals surface area contributed by atoms with Crippen LogP contribution in [0.25, 0.3) is 0 Å². The van der Waals surface area contributed by atoms with E-state index < -0.39 is 9.84 Å². The predicted molar refractivity (Wildman–Crippen MR) is 73.8 cm³/mol. The molecule has 1 unspecified atom stereocenters. The quantitative estimate of drug-likeness (QED) is 0.701. The Bertz CT molecular complexity index is 416. The lowest BCUT2D eigenvalue weighted by Crippen LogP contribution is -2.52. The molecule has 1 atom stereocenters. The maximum atomic E-state index is 12.3. The molecule has 2 saturated heterocycles. The zero-order valence-electron chi connectivity index (χ0n) is 11.5. The summed E-state index contributed by atoms with van der Waals surface area (Å²) in [5.74, 6) is 0.259. The van der Waals surface area contributed by atoms with Gasteiger partial charge in [0, 0.05) is 25.7 Å². The molecule has 2 rings (SSSR count). The summed E-state index contributed by atoms with van der Waals surface area (Å²) in [5, 5.41) is 3.30. The van der Waals surface area contributed by atoms with E-state index in [1.54, 1.807) is 4.90 Å². The Hall–Kier alpha value is -0.660. The Morgan fingerprint density at radius 1 is 1.26 bits per heavy atom. The summed E-state index contributed by atoms with van der Waals surface area (Å²) < 4.78 is 23.0. The number of rotatable bonds is 2. The van der Waals surface area contributed by atoms with Crippen LogP contribution in [0, 0.1) is 0 Å². The highest BCUT2D eigenvalue weighted by Crippen LogP contribution is 2.12. The molecule has 7 heteroatoms. The molecule has 0 bridgehead atoms. The van der Waals surface area contributed by atoms with Crippen molar-refractivity contribution < 1.29 is 13.2 Å². The van der Waals surface area contributed by atoms with Crippen molar-refractivity contribution in [2.45, 2.75) is 19.4 Å². The predicted octanol–water partition coefficient (Wildman–Crippen LogP) is -1.07. The first-order valence-corrected chi connectivity index (χ1v) is 8.73. The summed E-state index contributed by atoms with van der Waals surface area (Å²) in [5.41, 5.74) is 0. The van der Waals surface area contributed by atoms with Gasteiger partial charge in [0.25, 0.3) is 0 Å². The highest BCUT2D eigenvalue weighted by Gasteiger charge is 2.31. The molecule has 1 amide bonds. The molecule has 0 saturated carbocycles. The molecule has 0 aliphatic carbocycles. The Balaban J connectivity index is 1.89. The lowest BCUT2D eigenvalue weighted by atomic mass is 10.3. The van der Waals surface area contributed by atoms with E-state index >= 15 is 0 Å². The summed E-state index contributed by atoms with van der Waals surface area (Å²) in [6.45, 7) is 6.30. The monoisotopic (exact) mass is 289 g/mol. The first-order valence-electron chi connectivity index (χ1n) is 6.91. The van der Waals surface area contributed by atoms with Crippen LogP contribution in [0.1, 0.15) is 13.3 Å². The van der Waals surface area contributed by atoms with Crippen LogP contribution in [0.5, 0.6) is 0 Å². The summed E-state index contributed by atoms with van der Waals surface area (Å²) in [6.07, 6.45) is 1.05. The zero-order valence-corrected chi connectivity index (χ0v) is 12.3. The van der Waals surface area contributed by atoms with Crippen LogP contribution in [-0.2, 0) is 14.6 Å². The van der Waals surface area contributed by atoms with Gasteiger partial charge in [-0.1, -0.05) is 0 Å². The molecule has 2 aliphatic rings. The van der Waals surface area contributed by atoms with Gasteiger partial charge in [-0.2, -0.15) is 0 Å². The van der Waals surface area contributed by atoms with Crippen LogP contribution >= 0.6 is 0 Å². The van der Waals surface area contributed by atoms with Gasteiger partial charge >= 0.3 is 0 Å². The second kappa shape index (κ2) is 6.19. The van der Waals surface area contributed by atoms with Crippen LogP contribution < -0.4 is 5.32 Å². The fraction of sp³-hybridized carbons (Fsp3) is 0.917. The van der Waals surface area contributed by atoms with Crippen molar-refractivity contribution in [1.82, 2.24) is 15.1 Å². The van der Waals surface area contributed by atoms with Crippen LogP contribution in [0.3, 0.4) is 0 Å². The average Bonchev–Trinajstić information content (AvgIpc) is 2.56. The van der Waals surface area contributed by atoms with E-state index in [9.17, 15) is 13.2 Å². The second-order valence-electron chi connectivity index (χ2n) is 5.43. The van der Waals surface area contributed by atoms with Gasteiger partial charge in [0.15, 0.2) is 9.84 Å². The molecule has 2 fully saturated rings. The largest absolute Gasteiger partial charge is 0.337 e. The molecule has 2 heterocycles. The topological polar surface area (TPSA) is 69.7 Å². The minimum absolute atomic E-state index is 0.0595. The third kappa shape index (κ3) is 4.15. The van der Waals surface area contributed by atoms with Crippen molar-refractivity contribution in [3.05, 3.63) is 0 Å². The van der Waals surface area contributed by atoms with Crippen LogP contribution in [-0.4, -0.2) is 80.9 Å². The van der Waals surface area contributed by atoms with Crippen molar-refractivity contribution in [3.8, 4) is 0 Å². The van der Waals surface area contributed by atoms with E-state index in [0.29, 0.717) is 13.1 Å². The second-order valence-corrected chi connectivity index (χ2v) is 7.66. The smallest absolute Gasteiger partial charge is 0.237 e. The first-order chi connectivity index (χ1) is 8.98. The van der Waals surface area contributed by atoms with Gasteiger partial charge in [0.1, 0.15) is 0 Å². The van der Waals surface area contributed by atoms with E-state index in [0.717, 1.165) is 32.6 Å². The molecule has 110 valence electrons. The normalized spacial score (nSPS) is 28.9.